The number of rotatable bonds is 9. The summed E-state index contributed by atoms with van der Waals surface area (Å²) in [4.78, 5) is -0.162. The van der Waals surface area contributed by atoms with Gasteiger partial charge in [0, 0.05) is 17.0 Å². The van der Waals surface area contributed by atoms with Gasteiger partial charge in [0.25, 0.3) is 0 Å². The van der Waals surface area contributed by atoms with Crippen molar-refractivity contribution in [2.75, 3.05) is 6.54 Å². The number of hydrogen-bond acceptors (Lipinski definition) is 4. The third-order valence-electron chi connectivity index (χ3n) is 5.32. The predicted octanol–water partition coefficient (Wildman–Crippen LogP) is 8.35. The molecule has 0 aliphatic rings. The molecule has 2 atom stereocenters. The molecule has 0 saturated heterocycles. The molecule has 0 bridgehead atoms. The van der Waals surface area contributed by atoms with Crippen molar-refractivity contribution in [2.45, 2.75) is 40.8 Å². The largest absolute Gasteiger partial charge is 0.458 e. The van der Waals surface area contributed by atoms with Crippen LogP contribution in [0.4, 0.5) is 48.3 Å². The lowest BCUT2D eigenvalue weighted by atomic mass is 9.95. The summed E-state index contributed by atoms with van der Waals surface area (Å²) < 4.78 is 148. The fourth-order valence-electron chi connectivity index (χ4n) is 3.45. The molecule has 3 nitrogen and oxygen atoms in total. The Morgan fingerprint density at radius 3 is 1.93 bits per heavy atom. The Bertz CT molecular complexity index is 1280. The fraction of sp³-hybridized carbons (Fsp3) is 0.280. The van der Waals surface area contributed by atoms with Crippen molar-refractivity contribution in [3.63, 3.8) is 0 Å². The van der Waals surface area contributed by atoms with Crippen LogP contribution in [0.25, 0.3) is 0 Å². The fourth-order valence-corrected chi connectivity index (χ4v) is 4.04. The van der Waals surface area contributed by atoms with E-state index in [9.17, 15) is 53.4 Å². The van der Waals surface area contributed by atoms with Gasteiger partial charge in [0.2, 0.25) is 0 Å². The Balaban J connectivity index is 1.91. The summed E-state index contributed by atoms with van der Waals surface area (Å²) in [7, 11) is 0. The zero-order valence-corrected chi connectivity index (χ0v) is 20.5. The molecule has 0 aliphatic carbocycles. The Morgan fingerprint density at radius 2 is 1.35 bits per heavy atom. The minimum Gasteiger partial charge on any atom is -0.457 e. The maximum absolute atomic E-state index is 13.9. The van der Waals surface area contributed by atoms with Crippen LogP contribution in [0.2, 0.25) is 0 Å². The van der Waals surface area contributed by atoms with Crippen LogP contribution in [-0.4, -0.2) is 35.6 Å². The van der Waals surface area contributed by atoms with Crippen LogP contribution in [0.15, 0.2) is 77.7 Å². The molecule has 218 valence electrons. The van der Waals surface area contributed by atoms with E-state index in [2.05, 4.69) is 5.32 Å². The van der Waals surface area contributed by atoms with Crippen molar-refractivity contribution < 1.29 is 58.1 Å². The molecule has 3 aromatic rings. The molecular formula is C25H18F11NO2S. The molecule has 2 unspecified atom stereocenters. The van der Waals surface area contributed by atoms with Crippen molar-refractivity contribution in [3.05, 3.63) is 89.5 Å². The van der Waals surface area contributed by atoms with Crippen molar-refractivity contribution in [3.8, 4) is 11.5 Å². The molecule has 3 aromatic carbocycles. The van der Waals surface area contributed by atoms with E-state index in [1.807, 2.05) is 0 Å². The number of benzene rings is 3. The highest BCUT2D eigenvalue weighted by molar-refractivity contribution is 8.00. The van der Waals surface area contributed by atoms with Gasteiger partial charge >= 0.3 is 23.8 Å². The van der Waals surface area contributed by atoms with Gasteiger partial charge < -0.3 is 15.2 Å². The lowest BCUT2D eigenvalue weighted by Crippen LogP contribution is -2.40. The van der Waals surface area contributed by atoms with E-state index in [4.69, 9.17) is 4.74 Å². The minimum absolute atomic E-state index is 0.0204. The average molecular weight is 605 g/mol. The van der Waals surface area contributed by atoms with Crippen LogP contribution in [0.5, 0.6) is 11.5 Å². The first-order valence-corrected chi connectivity index (χ1v) is 11.9. The normalized spacial score (nSPS) is 14.6. The van der Waals surface area contributed by atoms with Crippen LogP contribution < -0.4 is 10.1 Å². The van der Waals surface area contributed by atoms with Crippen LogP contribution in [0, 0.1) is 0 Å². The van der Waals surface area contributed by atoms with Gasteiger partial charge in [-0.25, -0.2) is 0 Å². The lowest BCUT2D eigenvalue weighted by molar-refractivity contribution is -0.289. The molecule has 2 N–H and O–H groups in total. The van der Waals surface area contributed by atoms with Gasteiger partial charge in [-0.2, -0.15) is 48.3 Å². The number of ether oxygens (including phenoxy) is 1. The van der Waals surface area contributed by atoms with E-state index in [1.165, 1.54) is 42.5 Å². The summed E-state index contributed by atoms with van der Waals surface area (Å²) in [6.45, 7) is -1.13. The van der Waals surface area contributed by atoms with Crippen LogP contribution >= 0.6 is 11.8 Å². The SMILES string of the molecule is OC(CNC(c1ccc(Oc2cccc(SC(F)(F)F)c2)cc1)c1cccc(C(F)(F)C(F)(F)F)c1)C(F)(F)F. The quantitative estimate of drug-likeness (QED) is 0.190. The van der Waals surface area contributed by atoms with Crippen molar-refractivity contribution in [1.82, 2.24) is 5.32 Å². The summed E-state index contributed by atoms with van der Waals surface area (Å²) in [6, 6.07) is 11.6. The van der Waals surface area contributed by atoms with Crippen molar-refractivity contribution in [2.24, 2.45) is 0 Å². The predicted molar refractivity (Wildman–Crippen MR) is 123 cm³/mol. The van der Waals surface area contributed by atoms with Crippen molar-refractivity contribution in [1.29, 1.82) is 0 Å². The van der Waals surface area contributed by atoms with Gasteiger partial charge in [0.15, 0.2) is 6.10 Å². The molecule has 0 aromatic heterocycles. The first-order chi connectivity index (χ1) is 18.4. The second-order valence-electron chi connectivity index (χ2n) is 8.29. The Morgan fingerprint density at radius 1 is 0.725 bits per heavy atom. The number of nitrogens with one attached hydrogen (secondary N) is 1. The number of alkyl halides is 11. The number of aliphatic hydroxyl groups excluding tert-OH is 1. The van der Waals surface area contributed by atoms with E-state index in [-0.39, 0.29) is 39.3 Å². The van der Waals surface area contributed by atoms with E-state index in [0.29, 0.717) is 12.1 Å². The highest BCUT2D eigenvalue weighted by Gasteiger charge is 2.58. The molecule has 0 amide bonds. The third-order valence-corrected chi connectivity index (χ3v) is 6.04. The monoisotopic (exact) mass is 605 g/mol. The maximum Gasteiger partial charge on any atom is 0.458 e. The molecule has 0 fully saturated rings. The maximum atomic E-state index is 13.9. The zero-order valence-electron chi connectivity index (χ0n) is 19.7. The molecule has 0 aliphatic heterocycles. The van der Waals surface area contributed by atoms with Gasteiger partial charge in [0.05, 0.1) is 6.04 Å². The summed E-state index contributed by atoms with van der Waals surface area (Å²) in [5.41, 5.74) is -6.15. The number of halogens is 11. The second-order valence-corrected chi connectivity index (χ2v) is 9.43. The third kappa shape index (κ3) is 8.24. The Hall–Kier alpha value is -3.04. The topological polar surface area (TPSA) is 41.5 Å². The van der Waals surface area contributed by atoms with Gasteiger partial charge in [-0.05, 0) is 59.3 Å². The van der Waals surface area contributed by atoms with E-state index < -0.39 is 48.0 Å². The van der Waals surface area contributed by atoms with Gasteiger partial charge in [-0.3, -0.25) is 0 Å². The molecule has 3 rings (SSSR count). The van der Waals surface area contributed by atoms with Gasteiger partial charge in [-0.15, -0.1) is 0 Å². The van der Waals surface area contributed by atoms with E-state index in [1.54, 1.807) is 0 Å². The highest BCUT2D eigenvalue weighted by Crippen LogP contribution is 2.44. The summed E-state index contributed by atoms with van der Waals surface area (Å²) in [6.07, 6.45) is -13.9. The molecule has 0 heterocycles. The second kappa shape index (κ2) is 11.8. The summed E-state index contributed by atoms with van der Waals surface area (Å²) >= 11 is -0.369. The molecular weight excluding hydrogens is 587 g/mol. The Kier molecular flexibility index (Phi) is 9.31. The summed E-state index contributed by atoms with van der Waals surface area (Å²) in [5.74, 6) is -5.16. The summed E-state index contributed by atoms with van der Waals surface area (Å²) in [5, 5.41) is 11.7. The standard InChI is InChI=1S/C25H18F11NO2S/c26-22(27,24(31,32)33)16-4-1-3-15(11-16)21(37-13-20(38)23(28,29)30)14-7-9-17(10-8-14)39-18-5-2-6-19(12-18)40-25(34,35)36/h1-12,20-21,37-38H,13H2. The van der Waals surface area contributed by atoms with Gasteiger partial charge in [-0.1, -0.05) is 36.4 Å². The molecule has 0 radical (unpaired) electrons. The minimum atomic E-state index is -5.93. The van der Waals surface area contributed by atoms with Gasteiger partial charge in [0.1, 0.15) is 11.5 Å². The van der Waals surface area contributed by atoms with E-state index in [0.717, 1.165) is 18.2 Å². The number of aliphatic hydroxyl groups is 1. The highest BCUT2D eigenvalue weighted by atomic mass is 32.2. The van der Waals surface area contributed by atoms with Crippen LogP contribution in [-0.2, 0) is 5.92 Å². The molecule has 0 spiro atoms. The number of thioether (sulfide) groups is 1. The first kappa shape index (κ1) is 31.5. The van der Waals surface area contributed by atoms with Crippen LogP contribution in [0.3, 0.4) is 0 Å². The number of hydrogen-bond donors (Lipinski definition) is 2. The Labute approximate surface area is 224 Å². The molecule has 40 heavy (non-hydrogen) atoms. The molecule has 0 saturated carbocycles. The van der Waals surface area contributed by atoms with Crippen LogP contribution in [0.1, 0.15) is 22.7 Å². The van der Waals surface area contributed by atoms with E-state index >= 15 is 0 Å². The zero-order chi connectivity index (χ0) is 29.9. The first-order valence-electron chi connectivity index (χ1n) is 11.0. The average Bonchev–Trinajstić information content (AvgIpc) is 2.83. The molecule has 15 heteroatoms. The van der Waals surface area contributed by atoms with Crippen molar-refractivity contribution >= 4 is 11.8 Å². The lowest BCUT2D eigenvalue weighted by Gasteiger charge is -2.25. The smallest absolute Gasteiger partial charge is 0.457 e.